The fourth-order valence-electron chi connectivity index (χ4n) is 1.94. The highest BCUT2D eigenvalue weighted by molar-refractivity contribution is 6.36. The maximum Gasteiger partial charge on any atom is 0.0702 e. The number of para-hydroxylation sites is 1. The number of aromatic nitrogens is 1. The van der Waals surface area contributed by atoms with Crippen LogP contribution in [0, 0.1) is 0 Å². The zero-order valence-electron chi connectivity index (χ0n) is 9.40. The van der Waals surface area contributed by atoms with Gasteiger partial charge in [-0.15, -0.1) is 0 Å². The molecule has 1 nitrogen and oxygen atoms in total. The van der Waals surface area contributed by atoms with Gasteiger partial charge in [0.25, 0.3) is 0 Å². The summed E-state index contributed by atoms with van der Waals surface area (Å²) in [5.74, 6) is 0. The van der Waals surface area contributed by atoms with Crippen LogP contribution in [0.25, 0.3) is 22.0 Å². The van der Waals surface area contributed by atoms with E-state index in [0.717, 1.165) is 22.0 Å². The summed E-state index contributed by atoms with van der Waals surface area (Å²) in [5.41, 5.74) is 2.92. The van der Waals surface area contributed by atoms with Crippen LogP contribution in [0.2, 0.25) is 10.0 Å². The highest BCUT2D eigenvalue weighted by Crippen LogP contribution is 2.31. The molecule has 1 aromatic heterocycles. The average molecular weight is 274 g/mol. The van der Waals surface area contributed by atoms with Crippen LogP contribution in [0.3, 0.4) is 0 Å². The molecule has 0 fully saturated rings. The monoisotopic (exact) mass is 273 g/mol. The van der Waals surface area contributed by atoms with Crippen LogP contribution in [-0.2, 0) is 0 Å². The summed E-state index contributed by atoms with van der Waals surface area (Å²) >= 11 is 12.1. The predicted octanol–water partition coefficient (Wildman–Crippen LogP) is 5.21. The van der Waals surface area contributed by atoms with Crippen LogP contribution in [-0.4, -0.2) is 4.98 Å². The second-order valence-electron chi connectivity index (χ2n) is 4.04. The van der Waals surface area contributed by atoms with Crippen molar-refractivity contribution in [1.82, 2.24) is 4.98 Å². The maximum absolute atomic E-state index is 6.20. The van der Waals surface area contributed by atoms with Gasteiger partial charge in [-0.25, -0.2) is 0 Å². The van der Waals surface area contributed by atoms with Crippen molar-refractivity contribution in [3.8, 4) is 11.1 Å². The smallest absolute Gasteiger partial charge is 0.0702 e. The zero-order chi connectivity index (χ0) is 12.5. The van der Waals surface area contributed by atoms with Crippen molar-refractivity contribution in [2.75, 3.05) is 0 Å². The van der Waals surface area contributed by atoms with Crippen LogP contribution in [0.4, 0.5) is 0 Å². The SMILES string of the molecule is Clc1ccc(-c2cnc3ccccc3c2)c(Cl)c1. The van der Waals surface area contributed by atoms with Crippen LogP contribution < -0.4 is 0 Å². The van der Waals surface area contributed by atoms with E-state index in [-0.39, 0.29) is 0 Å². The third-order valence-electron chi connectivity index (χ3n) is 2.83. The Balaban J connectivity index is 2.19. The normalized spacial score (nSPS) is 10.8. The molecule has 0 amide bonds. The fourth-order valence-corrected chi connectivity index (χ4v) is 2.46. The van der Waals surface area contributed by atoms with Crippen molar-refractivity contribution in [3.63, 3.8) is 0 Å². The van der Waals surface area contributed by atoms with E-state index in [0.29, 0.717) is 10.0 Å². The summed E-state index contributed by atoms with van der Waals surface area (Å²) in [5, 5.41) is 2.37. The van der Waals surface area contributed by atoms with Gasteiger partial charge in [0.1, 0.15) is 0 Å². The molecule has 0 saturated carbocycles. The lowest BCUT2D eigenvalue weighted by Crippen LogP contribution is -1.84. The average Bonchev–Trinajstić information content (AvgIpc) is 2.38. The maximum atomic E-state index is 6.20. The number of hydrogen-bond donors (Lipinski definition) is 0. The van der Waals surface area contributed by atoms with Crippen molar-refractivity contribution in [2.45, 2.75) is 0 Å². The molecule has 0 saturated heterocycles. The third kappa shape index (κ3) is 2.07. The molecule has 0 aliphatic rings. The van der Waals surface area contributed by atoms with Gasteiger partial charge in [-0.1, -0.05) is 47.5 Å². The molecule has 0 spiro atoms. The topological polar surface area (TPSA) is 12.9 Å². The lowest BCUT2D eigenvalue weighted by molar-refractivity contribution is 1.41. The van der Waals surface area contributed by atoms with Crippen molar-refractivity contribution in [1.29, 1.82) is 0 Å². The minimum Gasteiger partial charge on any atom is -0.256 e. The largest absolute Gasteiger partial charge is 0.256 e. The second-order valence-corrected chi connectivity index (χ2v) is 4.88. The van der Waals surface area contributed by atoms with Crippen molar-refractivity contribution in [3.05, 3.63) is 64.8 Å². The van der Waals surface area contributed by atoms with Crippen molar-refractivity contribution < 1.29 is 0 Å². The number of nitrogens with zero attached hydrogens (tertiary/aromatic N) is 1. The molecule has 18 heavy (non-hydrogen) atoms. The summed E-state index contributed by atoms with van der Waals surface area (Å²) in [6.07, 6.45) is 1.83. The molecule has 1 heterocycles. The molecule has 2 aromatic carbocycles. The van der Waals surface area contributed by atoms with E-state index in [1.54, 1.807) is 6.07 Å². The Morgan fingerprint density at radius 3 is 2.56 bits per heavy atom. The Morgan fingerprint density at radius 2 is 1.72 bits per heavy atom. The molecule has 0 aliphatic heterocycles. The number of rotatable bonds is 1. The van der Waals surface area contributed by atoms with E-state index in [1.807, 2.05) is 42.6 Å². The highest BCUT2D eigenvalue weighted by Gasteiger charge is 2.05. The number of hydrogen-bond acceptors (Lipinski definition) is 1. The first-order chi connectivity index (χ1) is 8.74. The highest BCUT2D eigenvalue weighted by atomic mass is 35.5. The molecular weight excluding hydrogens is 265 g/mol. The molecule has 3 aromatic rings. The van der Waals surface area contributed by atoms with E-state index in [4.69, 9.17) is 23.2 Å². The number of halogens is 2. The molecule has 0 atom stereocenters. The zero-order valence-corrected chi connectivity index (χ0v) is 10.9. The first-order valence-electron chi connectivity index (χ1n) is 5.54. The Hall–Kier alpha value is -1.57. The molecule has 0 aliphatic carbocycles. The van der Waals surface area contributed by atoms with Crippen molar-refractivity contribution >= 4 is 34.1 Å². The van der Waals surface area contributed by atoms with Gasteiger partial charge in [0.2, 0.25) is 0 Å². The summed E-state index contributed by atoms with van der Waals surface area (Å²) in [6.45, 7) is 0. The van der Waals surface area contributed by atoms with Gasteiger partial charge < -0.3 is 0 Å². The minimum absolute atomic E-state index is 0.637. The molecule has 88 valence electrons. The fraction of sp³-hybridized carbons (Fsp3) is 0. The third-order valence-corrected chi connectivity index (χ3v) is 3.38. The van der Waals surface area contributed by atoms with Gasteiger partial charge in [-0.2, -0.15) is 0 Å². The summed E-state index contributed by atoms with van der Waals surface area (Å²) in [4.78, 5) is 4.43. The molecule has 0 unspecified atom stereocenters. The Bertz CT molecular complexity index is 723. The lowest BCUT2D eigenvalue weighted by atomic mass is 10.1. The van der Waals surface area contributed by atoms with Crippen LogP contribution >= 0.6 is 23.2 Å². The standard InChI is InChI=1S/C15H9Cl2N/c16-12-5-6-13(14(17)8-12)11-7-10-3-1-2-4-15(10)18-9-11/h1-9H. The molecular formula is C15H9Cl2N. The first-order valence-corrected chi connectivity index (χ1v) is 6.30. The summed E-state index contributed by atoms with van der Waals surface area (Å²) in [6, 6.07) is 15.6. The molecule has 3 rings (SSSR count). The molecule has 0 N–H and O–H groups in total. The van der Waals surface area contributed by atoms with E-state index in [2.05, 4.69) is 11.1 Å². The van der Waals surface area contributed by atoms with Gasteiger partial charge in [0.05, 0.1) is 5.52 Å². The van der Waals surface area contributed by atoms with Gasteiger partial charge in [0.15, 0.2) is 0 Å². The minimum atomic E-state index is 0.637. The Morgan fingerprint density at radius 1 is 0.889 bits per heavy atom. The number of pyridine rings is 1. The predicted molar refractivity (Wildman–Crippen MR) is 77.2 cm³/mol. The van der Waals surface area contributed by atoms with Gasteiger partial charge >= 0.3 is 0 Å². The van der Waals surface area contributed by atoms with Crippen LogP contribution in [0.15, 0.2) is 54.7 Å². The Kier molecular flexibility index (Phi) is 2.94. The van der Waals surface area contributed by atoms with Crippen LogP contribution in [0.1, 0.15) is 0 Å². The van der Waals surface area contributed by atoms with E-state index >= 15 is 0 Å². The second kappa shape index (κ2) is 4.60. The van der Waals surface area contributed by atoms with Gasteiger partial charge in [0, 0.05) is 32.8 Å². The van der Waals surface area contributed by atoms with E-state index in [1.165, 1.54) is 0 Å². The van der Waals surface area contributed by atoms with E-state index < -0.39 is 0 Å². The molecule has 0 radical (unpaired) electrons. The lowest BCUT2D eigenvalue weighted by Gasteiger charge is -2.06. The van der Waals surface area contributed by atoms with E-state index in [9.17, 15) is 0 Å². The summed E-state index contributed by atoms with van der Waals surface area (Å²) < 4.78 is 0. The number of fused-ring (bicyclic) bond motifs is 1. The van der Waals surface area contributed by atoms with Crippen molar-refractivity contribution in [2.24, 2.45) is 0 Å². The van der Waals surface area contributed by atoms with Gasteiger partial charge in [-0.3, -0.25) is 4.98 Å². The van der Waals surface area contributed by atoms with Crippen LogP contribution in [0.5, 0.6) is 0 Å². The van der Waals surface area contributed by atoms with Gasteiger partial charge in [-0.05, 0) is 24.3 Å². The molecule has 0 bridgehead atoms. The first kappa shape index (κ1) is 11.5. The molecule has 3 heteroatoms. The quantitative estimate of drug-likeness (QED) is 0.593. The Labute approximate surface area is 115 Å². The number of benzene rings is 2. The summed E-state index contributed by atoms with van der Waals surface area (Å²) in [7, 11) is 0.